The molecule has 3 aromatic rings. The lowest BCUT2D eigenvalue weighted by Gasteiger charge is -2.25. The van der Waals surface area contributed by atoms with E-state index in [1.807, 2.05) is 17.5 Å². The summed E-state index contributed by atoms with van der Waals surface area (Å²) in [7, 11) is 0. The van der Waals surface area contributed by atoms with E-state index in [0.29, 0.717) is 30.5 Å². The van der Waals surface area contributed by atoms with Crippen LogP contribution in [0.15, 0.2) is 53.9 Å². The molecule has 1 aliphatic carbocycles. The van der Waals surface area contributed by atoms with E-state index in [1.165, 1.54) is 28.9 Å². The third-order valence-electron chi connectivity index (χ3n) is 5.16. The van der Waals surface area contributed by atoms with Crippen molar-refractivity contribution in [2.24, 2.45) is 0 Å². The van der Waals surface area contributed by atoms with E-state index in [1.54, 1.807) is 12.1 Å². The SMILES string of the molecule is O=C(Cc1csc(COc2ccc(Cl)cc2)n1)NCC1CCCc2ccccc21. The highest BCUT2D eigenvalue weighted by atomic mass is 35.5. The Hall–Kier alpha value is -2.37. The predicted octanol–water partition coefficient (Wildman–Crippen LogP) is 5.15. The van der Waals surface area contributed by atoms with Crippen LogP contribution in [0.3, 0.4) is 0 Å². The van der Waals surface area contributed by atoms with Gasteiger partial charge in [-0.3, -0.25) is 4.79 Å². The molecule has 29 heavy (non-hydrogen) atoms. The second-order valence-electron chi connectivity index (χ2n) is 7.24. The number of hydrogen-bond donors (Lipinski definition) is 1. The van der Waals surface area contributed by atoms with Crippen LogP contribution in [0.4, 0.5) is 0 Å². The van der Waals surface area contributed by atoms with E-state index in [0.717, 1.165) is 29.3 Å². The number of aromatic nitrogens is 1. The molecular formula is C23H23ClN2O2S. The molecule has 1 N–H and O–H groups in total. The summed E-state index contributed by atoms with van der Waals surface area (Å²) in [5, 5.41) is 6.55. The summed E-state index contributed by atoms with van der Waals surface area (Å²) < 4.78 is 5.71. The molecule has 4 rings (SSSR count). The Labute approximate surface area is 179 Å². The zero-order valence-electron chi connectivity index (χ0n) is 16.1. The minimum absolute atomic E-state index is 0.0172. The van der Waals surface area contributed by atoms with E-state index in [9.17, 15) is 4.79 Å². The minimum atomic E-state index is 0.0172. The molecule has 0 saturated carbocycles. The Morgan fingerprint density at radius 1 is 1.21 bits per heavy atom. The van der Waals surface area contributed by atoms with E-state index in [2.05, 4.69) is 34.6 Å². The number of fused-ring (bicyclic) bond motifs is 1. The van der Waals surface area contributed by atoms with Gasteiger partial charge in [-0.15, -0.1) is 11.3 Å². The fourth-order valence-corrected chi connectivity index (χ4v) is 4.53. The fraction of sp³-hybridized carbons (Fsp3) is 0.304. The normalized spacial score (nSPS) is 15.6. The molecule has 0 radical (unpaired) electrons. The van der Waals surface area contributed by atoms with Gasteiger partial charge in [0.2, 0.25) is 5.91 Å². The Balaban J connectivity index is 1.26. The zero-order chi connectivity index (χ0) is 20.1. The van der Waals surface area contributed by atoms with Crippen molar-refractivity contribution in [3.05, 3.63) is 80.8 Å². The zero-order valence-corrected chi connectivity index (χ0v) is 17.6. The molecule has 1 aliphatic rings. The number of carbonyl (C=O) groups is 1. The van der Waals surface area contributed by atoms with Gasteiger partial charge in [-0.05, 0) is 54.7 Å². The van der Waals surface area contributed by atoms with Crippen LogP contribution in [0.2, 0.25) is 5.02 Å². The van der Waals surface area contributed by atoms with Crippen LogP contribution in [0.25, 0.3) is 0 Å². The largest absolute Gasteiger partial charge is 0.486 e. The molecule has 0 aliphatic heterocycles. The van der Waals surface area contributed by atoms with E-state index >= 15 is 0 Å². The molecule has 0 fully saturated rings. The number of thiazole rings is 1. The highest BCUT2D eigenvalue weighted by Crippen LogP contribution is 2.30. The summed E-state index contributed by atoms with van der Waals surface area (Å²) in [5.41, 5.74) is 3.59. The number of ether oxygens (including phenoxy) is 1. The average Bonchev–Trinajstić information content (AvgIpc) is 3.19. The second kappa shape index (κ2) is 9.42. The topological polar surface area (TPSA) is 51.2 Å². The van der Waals surface area contributed by atoms with E-state index < -0.39 is 0 Å². The molecule has 0 spiro atoms. The van der Waals surface area contributed by atoms with Gasteiger partial charge in [0.1, 0.15) is 17.4 Å². The molecule has 0 bridgehead atoms. The summed E-state index contributed by atoms with van der Waals surface area (Å²) in [6, 6.07) is 15.8. The predicted molar refractivity (Wildman–Crippen MR) is 117 cm³/mol. The minimum Gasteiger partial charge on any atom is -0.486 e. The van der Waals surface area contributed by atoms with Crippen molar-refractivity contribution in [1.29, 1.82) is 0 Å². The van der Waals surface area contributed by atoms with Crippen molar-refractivity contribution in [1.82, 2.24) is 10.3 Å². The Morgan fingerprint density at radius 2 is 2.03 bits per heavy atom. The average molecular weight is 427 g/mol. The number of carbonyl (C=O) groups excluding carboxylic acids is 1. The van der Waals surface area contributed by atoms with Crippen molar-refractivity contribution in [2.45, 2.75) is 38.2 Å². The van der Waals surface area contributed by atoms with Crippen LogP contribution in [0, 0.1) is 0 Å². The fourth-order valence-electron chi connectivity index (χ4n) is 3.70. The van der Waals surface area contributed by atoms with Gasteiger partial charge in [-0.25, -0.2) is 4.98 Å². The molecule has 1 heterocycles. The Bertz CT molecular complexity index is 971. The molecule has 6 heteroatoms. The number of aryl methyl sites for hydroxylation is 1. The van der Waals surface area contributed by atoms with Crippen molar-refractivity contribution in [3.63, 3.8) is 0 Å². The van der Waals surface area contributed by atoms with Crippen molar-refractivity contribution < 1.29 is 9.53 Å². The first-order valence-corrected chi connectivity index (χ1v) is 11.1. The third kappa shape index (κ3) is 5.37. The summed E-state index contributed by atoms with van der Waals surface area (Å²) in [6.07, 6.45) is 3.74. The molecule has 1 amide bonds. The van der Waals surface area contributed by atoms with Crippen molar-refractivity contribution in [2.75, 3.05) is 6.54 Å². The van der Waals surface area contributed by atoms with Gasteiger partial charge in [0, 0.05) is 22.9 Å². The molecule has 4 nitrogen and oxygen atoms in total. The van der Waals surface area contributed by atoms with Gasteiger partial charge in [0.15, 0.2) is 0 Å². The number of amides is 1. The van der Waals surface area contributed by atoms with Crippen molar-refractivity contribution in [3.8, 4) is 5.75 Å². The number of nitrogens with zero attached hydrogens (tertiary/aromatic N) is 1. The molecule has 2 aromatic carbocycles. The summed E-state index contributed by atoms with van der Waals surface area (Å²) >= 11 is 7.39. The van der Waals surface area contributed by atoms with Gasteiger partial charge in [0.05, 0.1) is 12.1 Å². The lowest BCUT2D eigenvalue weighted by molar-refractivity contribution is -0.120. The second-order valence-corrected chi connectivity index (χ2v) is 8.62. The monoisotopic (exact) mass is 426 g/mol. The Kier molecular flexibility index (Phi) is 6.47. The highest BCUT2D eigenvalue weighted by Gasteiger charge is 2.20. The van der Waals surface area contributed by atoms with Crippen LogP contribution in [0.1, 0.15) is 40.6 Å². The maximum Gasteiger partial charge on any atom is 0.226 e. The smallest absolute Gasteiger partial charge is 0.226 e. The first-order valence-electron chi connectivity index (χ1n) is 9.83. The van der Waals surface area contributed by atoms with Gasteiger partial charge in [0.25, 0.3) is 0 Å². The number of rotatable bonds is 7. The summed E-state index contributed by atoms with van der Waals surface area (Å²) in [6.45, 7) is 1.07. The van der Waals surface area contributed by atoms with Gasteiger partial charge in [-0.1, -0.05) is 35.9 Å². The lowest BCUT2D eigenvalue weighted by atomic mass is 9.83. The van der Waals surface area contributed by atoms with Gasteiger partial charge in [-0.2, -0.15) is 0 Å². The number of benzene rings is 2. The van der Waals surface area contributed by atoms with Crippen LogP contribution in [-0.2, 0) is 24.2 Å². The summed E-state index contributed by atoms with van der Waals surface area (Å²) in [5.74, 6) is 1.17. The molecule has 0 saturated heterocycles. The quantitative estimate of drug-likeness (QED) is 0.568. The number of nitrogens with one attached hydrogen (secondary N) is 1. The number of halogens is 1. The van der Waals surface area contributed by atoms with Crippen molar-refractivity contribution >= 4 is 28.8 Å². The highest BCUT2D eigenvalue weighted by molar-refractivity contribution is 7.09. The maximum atomic E-state index is 12.4. The van der Waals surface area contributed by atoms with Gasteiger partial charge < -0.3 is 10.1 Å². The van der Waals surface area contributed by atoms with E-state index in [4.69, 9.17) is 16.3 Å². The summed E-state index contributed by atoms with van der Waals surface area (Å²) in [4.78, 5) is 16.9. The van der Waals surface area contributed by atoms with E-state index in [-0.39, 0.29) is 5.91 Å². The third-order valence-corrected chi connectivity index (χ3v) is 6.28. The lowest BCUT2D eigenvalue weighted by Crippen LogP contribution is -2.31. The molecular weight excluding hydrogens is 404 g/mol. The first kappa shape index (κ1) is 19.9. The van der Waals surface area contributed by atoms with Crippen LogP contribution in [-0.4, -0.2) is 17.4 Å². The standard InChI is InChI=1S/C23H23ClN2O2S/c24-18-8-10-20(11-9-18)28-14-23-26-19(15-29-23)12-22(27)25-13-17-6-3-5-16-4-1-2-7-21(16)17/h1-2,4,7-11,15,17H,3,5-6,12-14H2,(H,25,27). The maximum absolute atomic E-state index is 12.4. The molecule has 150 valence electrons. The molecule has 1 aromatic heterocycles. The molecule has 1 unspecified atom stereocenters. The molecule has 1 atom stereocenters. The van der Waals surface area contributed by atoms with Crippen LogP contribution >= 0.6 is 22.9 Å². The van der Waals surface area contributed by atoms with Crippen LogP contribution < -0.4 is 10.1 Å². The first-order chi connectivity index (χ1) is 14.2. The number of hydrogen-bond acceptors (Lipinski definition) is 4. The Morgan fingerprint density at radius 3 is 2.90 bits per heavy atom. The van der Waals surface area contributed by atoms with Gasteiger partial charge >= 0.3 is 0 Å². The van der Waals surface area contributed by atoms with Crippen LogP contribution in [0.5, 0.6) is 5.75 Å².